The molecule has 3 atom stereocenters. The number of aliphatic hydroxyl groups is 1. The normalized spacial score (nSPS) is 25.0. The number of fused-ring (bicyclic) bond motifs is 3. The first-order valence-corrected chi connectivity index (χ1v) is 11.1. The predicted octanol–water partition coefficient (Wildman–Crippen LogP) is 4.71. The Morgan fingerprint density at radius 2 is 1.97 bits per heavy atom. The Balaban J connectivity index is 1.87. The van der Waals surface area contributed by atoms with Gasteiger partial charge in [0, 0.05) is 24.8 Å². The van der Waals surface area contributed by atoms with Gasteiger partial charge in [-0.1, -0.05) is 17.7 Å². The highest BCUT2D eigenvalue weighted by molar-refractivity contribution is 6.01. The van der Waals surface area contributed by atoms with Gasteiger partial charge in [-0.25, -0.2) is 0 Å². The molecule has 2 aliphatic rings. The van der Waals surface area contributed by atoms with Crippen molar-refractivity contribution in [2.45, 2.75) is 50.9 Å². The molecule has 0 bridgehead atoms. The fourth-order valence-corrected chi connectivity index (χ4v) is 4.57. The molecule has 0 radical (unpaired) electrons. The highest BCUT2D eigenvalue weighted by atomic mass is 16.6. The minimum absolute atomic E-state index is 0.122. The predicted molar refractivity (Wildman–Crippen MR) is 129 cm³/mol. The number of benzene rings is 2. The van der Waals surface area contributed by atoms with Crippen molar-refractivity contribution in [2.75, 3.05) is 12.4 Å². The van der Waals surface area contributed by atoms with Crippen molar-refractivity contribution in [3.63, 3.8) is 0 Å². The number of nitrogens with one attached hydrogen (secondary N) is 1. The zero-order valence-corrected chi connectivity index (χ0v) is 19.6. The maximum Gasteiger partial charge on any atom is 0.269 e. The van der Waals surface area contributed by atoms with Crippen LogP contribution in [0.5, 0.6) is 5.75 Å². The average Bonchev–Trinajstić information content (AvgIpc) is 2.78. The second-order valence-electron chi connectivity index (χ2n) is 9.15. The first kappa shape index (κ1) is 23.7. The van der Waals surface area contributed by atoms with Gasteiger partial charge in [0.25, 0.3) is 11.6 Å². The summed E-state index contributed by atoms with van der Waals surface area (Å²) in [5.74, 6) is -0.0731. The number of non-ortho nitro benzene ring substituents is 1. The molecule has 0 saturated carbocycles. The molecule has 2 N–H and O–H groups in total. The molecule has 0 fully saturated rings. The Labute approximate surface area is 198 Å². The van der Waals surface area contributed by atoms with E-state index in [9.17, 15) is 20.0 Å². The van der Waals surface area contributed by atoms with Crippen molar-refractivity contribution in [3.8, 4) is 5.75 Å². The Morgan fingerprint density at radius 1 is 1.26 bits per heavy atom. The Morgan fingerprint density at radius 3 is 2.59 bits per heavy atom. The Hall–Kier alpha value is -3.49. The fourth-order valence-electron chi connectivity index (χ4n) is 4.57. The van der Waals surface area contributed by atoms with Gasteiger partial charge in [0.1, 0.15) is 11.4 Å². The van der Waals surface area contributed by atoms with Crippen LogP contribution in [-0.2, 0) is 15.1 Å². The molecule has 2 aliphatic heterocycles. The molecule has 8 nitrogen and oxygen atoms in total. The van der Waals surface area contributed by atoms with Gasteiger partial charge in [-0.2, -0.15) is 0 Å². The number of anilines is 1. The summed E-state index contributed by atoms with van der Waals surface area (Å²) in [6, 6.07) is 9.02. The molecule has 2 heterocycles. The topological polar surface area (TPSA) is 111 Å². The Kier molecular flexibility index (Phi) is 6.05. The number of allylic oxidation sites excluding steroid dienone is 2. The molecule has 8 heteroatoms. The number of rotatable bonds is 6. The van der Waals surface area contributed by atoms with E-state index in [1.54, 1.807) is 6.07 Å². The number of hydrogen-bond acceptors (Lipinski definition) is 6. The third-order valence-corrected chi connectivity index (χ3v) is 6.34. The van der Waals surface area contributed by atoms with Crippen molar-refractivity contribution < 1.29 is 24.3 Å². The van der Waals surface area contributed by atoms with E-state index in [0.717, 1.165) is 12.0 Å². The third-order valence-electron chi connectivity index (χ3n) is 6.34. The summed E-state index contributed by atoms with van der Waals surface area (Å²) in [5.41, 5.74) is 0.349. The van der Waals surface area contributed by atoms with E-state index in [-0.39, 0.29) is 5.69 Å². The molecule has 178 valence electrons. The number of amides is 1. The van der Waals surface area contributed by atoms with Crippen molar-refractivity contribution in [1.29, 1.82) is 0 Å². The van der Waals surface area contributed by atoms with Gasteiger partial charge >= 0.3 is 0 Å². The van der Waals surface area contributed by atoms with Crippen LogP contribution in [0.1, 0.15) is 50.3 Å². The largest absolute Gasteiger partial charge is 0.482 e. The van der Waals surface area contributed by atoms with Gasteiger partial charge in [0.15, 0.2) is 11.7 Å². The lowest BCUT2D eigenvalue weighted by Gasteiger charge is -2.43. The number of ether oxygens (including phenoxy) is 2. The van der Waals surface area contributed by atoms with Crippen LogP contribution in [0, 0.1) is 10.1 Å². The van der Waals surface area contributed by atoms with Crippen LogP contribution in [0.2, 0.25) is 0 Å². The number of hydrogen-bond donors (Lipinski definition) is 2. The van der Waals surface area contributed by atoms with Gasteiger partial charge in [0.05, 0.1) is 16.2 Å². The summed E-state index contributed by atoms with van der Waals surface area (Å²) in [5, 5.41) is 26.1. The van der Waals surface area contributed by atoms with Gasteiger partial charge in [-0.05, 0) is 69.5 Å². The van der Waals surface area contributed by atoms with E-state index < -0.39 is 28.1 Å². The zero-order valence-electron chi connectivity index (χ0n) is 19.6. The first-order valence-electron chi connectivity index (χ1n) is 11.1. The van der Waals surface area contributed by atoms with Crippen molar-refractivity contribution >= 4 is 23.4 Å². The molecular formula is C26H28N2O6. The standard InChI is InChI=1S/C26H28N2O6/c1-16(2)6-5-14-25(3)15-13-17-7-12-20-21(22(17)34-25)26(30,23(33-4)24(29)27-20)18-8-10-19(11-9-18)28(31)32/h6-13,15,23,30H,5,14H2,1-4H3,(H,27,29)/t23-,25-,26+/m1/s1. The number of nitro groups is 1. The van der Waals surface area contributed by atoms with Crippen LogP contribution in [0.3, 0.4) is 0 Å². The molecule has 34 heavy (non-hydrogen) atoms. The molecular weight excluding hydrogens is 436 g/mol. The maximum absolute atomic E-state index is 12.9. The Bertz CT molecular complexity index is 1200. The summed E-state index contributed by atoms with van der Waals surface area (Å²) < 4.78 is 12.0. The quantitative estimate of drug-likeness (QED) is 0.364. The highest BCUT2D eigenvalue weighted by Gasteiger charge is 2.52. The number of carbonyl (C=O) groups is 1. The summed E-state index contributed by atoms with van der Waals surface area (Å²) in [4.78, 5) is 23.5. The van der Waals surface area contributed by atoms with Gasteiger partial charge in [-0.15, -0.1) is 0 Å². The van der Waals surface area contributed by atoms with Crippen LogP contribution in [-0.4, -0.2) is 34.8 Å². The summed E-state index contributed by atoms with van der Waals surface area (Å²) in [6.45, 7) is 6.07. The summed E-state index contributed by atoms with van der Waals surface area (Å²) in [7, 11) is 1.34. The summed E-state index contributed by atoms with van der Waals surface area (Å²) in [6.07, 6.45) is 6.34. The minimum Gasteiger partial charge on any atom is -0.482 e. The van der Waals surface area contributed by atoms with E-state index in [1.807, 2.05) is 39.0 Å². The molecule has 0 aliphatic carbocycles. The molecule has 4 rings (SSSR count). The molecule has 0 unspecified atom stereocenters. The number of methoxy groups -OCH3 is 1. The van der Waals surface area contributed by atoms with E-state index in [4.69, 9.17) is 9.47 Å². The van der Waals surface area contributed by atoms with Crippen molar-refractivity contribution in [2.24, 2.45) is 0 Å². The zero-order chi connectivity index (χ0) is 24.7. The third kappa shape index (κ3) is 3.99. The molecule has 2 aromatic carbocycles. The van der Waals surface area contributed by atoms with E-state index in [1.165, 1.54) is 36.9 Å². The van der Waals surface area contributed by atoms with Gasteiger partial charge < -0.3 is 19.9 Å². The highest BCUT2D eigenvalue weighted by Crippen LogP contribution is 2.50. The van der Waals surface area contributed by atoms with Gasteiger partial charge in [-0.3, -0.25) is 14.9 Å². The second-order valence-corrected chi connectivity index (χ2v) is 9.15. The lowest BCUT2D eigenvalue weighted by atomic mass is 9.76. The smallest absolute Gasteiger partial charge is 0.269 e. The van der Waals surface area contributed by atoms with Crippen LogP contribution in [0.15, 0.2) is 54.1 Å². The van der Waals surface area contributed by atoms with Gasteiger partial charge in [0.2, 0.25) is 0 Å². The number of nitrogens with zero attached hydrogens (tertiary/aromatic N) is 1. The summed E-state index contributed by atoms with van der Waals surface area (Å²) >= 11 is 0. The maximum atomic E-state index is 12.9. The van der Waals surface area contributed by atoms with Crippen LogP contribution < -0.4 is 10.1 Å². The number of carbonyl (C=O) groups excluding carboxylic acids is 1. The second kappa shape index (κ2) is 8.70. The van der Waals surface area contributed by atoms with Crippen LogP contribution >= 0.6 is 0 Å². The first-order chi connectivity index (χ1) is 16.1. The molecule has 0 spiro atoms. The SMILES string of the molecule is CO[C@@H]1C(=O)Nc2ccc3c(c2[C@@]1(O)c1ccc([N+](=O)[O-])cc1)O[C@](C)(CCC=C(C)C)C=C3. The molecule has 0 saturated heterocycles. The monoisotopic (exact) mass is 464 g/mol. The van der Waals surface area contributed by atoms with Crippen molar-refractivity contribution in [3.05, 3.63) is 80.9 Å². The minimum atomic E-state index is -1.93. The van der Waals surface area contributed by atoms with E-state index in [2.05, 4.69) is 11.4 Å². The molecule has 0 aromatic heterocycles. The molecule has 2 aromatic rings. The van der Waals surface area contributed by atoms with Crippen molar-refractivity contribution in [1.82, 2.24) is 0 Å². The van der Waals surface area contributed by atoms with E-state index >= 15 is 0 Å². The fraction of sp³-hybridized carbons (Fsp3) is 0.346. The lowest BCUT2D eigenvalue weighted by Crippen LogP contribution is -2.53. The van der Waals surface area contributed by atoms with Crippen LogP contribution in [0.4, 0.5) is 11.4 Å². The number of nitro benzene ring substituents is 1. The molecule has 1 amide bonds. The lowest BCUT2D eigenvalue weighted by molar-refractivity contribution is -0.384. The van der Waals surface area contributed by atoms with Crippen LogP contribution in [0.25, 0.3) is 6.08 Å². The van der Waals surface area contributed by atoms with E-state index in [0.29, 0.717) is 29.0 Å². The average molecular weight is 465 g/mol.